The summed E-state index contributed by atoms with van der Waals surface area (Å²) in [7, 11) is 0. The number of hydrogen-bond acceptors (Lipinski definition) is 6. The van der Waals surface area contributed by atoms with E-state index in [1.165, 1.54) is 64.2 Å². The molecule has 0 saturated heterocycles. The van der Waals surface area contributed by atoms with Crippen LogP contribution in [-0.4, -0.2) is 37.2 Å². The van der Waals surface area contributed by atoms with Crippen molar-refractivity contribution in [3.05, 3.63) is 85.1 Å². The van der Waals surface area contributed by atoms with Gasteiger partial charge in [0.15, 0.2) is 6.10 Å². The molecule has 6 nitrogen and oxygen atoms in total. The summed E-state index contributed by atoms with van der Waals surface area (Å²) in [5.74, 6) is -0.923. The molecule has 0 aliphatic heterocycles. The topological polar surface area (TPSA) is 78.9 Å². The molecule has 0 fully saturated rings. The lowest BCUT2D eigenvalue weighted by Crippen LogP contribution is -2.30. The van der Waals surface area contributed by atoms with Gasteiger partial charge in [0.25, 0.3) is 0 Å². The number of hydrogen-bond donors (Lipinski definition) is 0. The molecule has 0 aliphatic rings. The third-order valence-electron chi connectivity index (χ3n) is 10.4. The van der Waals surface area contributed by atoms with Crippen LogP contribution < -0.4 is 0 Å². The Kier molecular flexibility index (Phi) is 46.5. The molecule has 0 N–H and O–H groups in total. The van der Waals surface area contributed by atoms with Gasteiger partial charge in [-0.2, -0.15) is 0 Å². The molecule has 0 amide bonds. The lowest BCUT2D eigenvalue weighted by molar-refractivity contribution is -0.167. The molecular formula is C55H92O6. The van der Waals surface area contributed by atoms with Gasteiger partial charge in [-0.05, 0) is 96.3 Å². The van der Waals surface area contributed by atoms with Crippen LogP contribution in [0.4, 0.5) is 0 Å². The first-order chi connectivity index (χ1) is 30.0. The third-order valence-corrected chi connectivity index (χ3v) is 10.4. The minimum absolute atomic E-state index is 0.0851. The minimum atomic E-state index is -0.782. The summed E-state index contributed by atoms with van der Waals surface area (Å²) in [5.41, 5.74) is 0. The van der Waals surface area contributed by atoms with Gasteiger partial charge in [-0.3, -0.25) is 14.4 Å². The van der Waals surface area contributed by atoms with Crippen molar-refractivity contribution in [1.82, 2.24) is 0 Å². The average Bonchev–Trinajstić information content (AvgIpc) is 3.26. The van der Waals surface area contributed by atoms with Gasteiger partial charge in [-0.1, -0.05) is 196 Å². The van der Waals surface area contributed by atoms with Crippen molar-refractivity contribution in [2.45, 2.75) is 232 Å². The van der Waals surface area contributed by atoms with E-state index in [9.17, 15) is 14.4 Å². The fraction of sp³-hybridized carbons (Fsp3) is 0.691. The summed E-state index contributed by atoms with van der Waals surface area (Å²) in [6.07, 6.45) is 63.1. The van der Waals surface area contributed by atoms with Crippen LogP contribution in [-0.2, 0) is 28.6 Å². The highest BCUT2D eigenvalue weighted by Crippen LogP contribution is 2.13. The normalized spacial score (nSPS) is 12.8. The second-order valence-corrected chi connectivity index (χ2v) is 16.3. The van der Waals surface area contributed by atoms with Crippen LogP contribution in [0.2, 0.25) is 0 Å². The van der Waals surface area contributed by atoms with Crippen LogP contribution in [0.15, 0.2) is 85.1 Å². The molecule has 6 heteroatoms. The average molecular weight is 849 g/mol. The molecule has 0 aromatic heterocycles. The molecule has 0 radical (unpaired) electrons. The number of carbonyl (C=O) groups excluding carboxylic acids is 3. The Bertz CT molecular complexity index is 1200. The van der Waals surface area contributed by atoms with Gasteiger partial charge < -0.3 is 14.2 Å². The van der Waals surface area contributed by atoms with Crippen LogP contribution in [0.5, 0.6) is 0 Å². The molecule has 0 aliphatic carbocycles. The van der Waals surface area contributed by atoms with Crippen molar-refractivity contribution in [3.63, 3.8) is 0 Å². The van der Waals surface area contributed by atoms with Crippen LogP contribution in [0, 0.1) is 0 Å². The first-order valence-electron chi connectivity index (χ1n) is 25.1. The largest absolute Gasteiger partial charge is 0.462 e. The molecule has 0 aromatic carbocycles. The molecule has 0 bridgehead atoms. The molecule has 0 spiro atoms. The predicted octanol–water partition coefficient (Wildman–Crippen LogP) is 16.4. The number of carbonyl (C=O) groups is 3. The smallest absolute Gasteiger partial charge is 0.306 e. The van der Waals surface area contributed by atoms with Crippen molar-refractivity contribution < 1.29 is 28.6 Å². The molecule has 0 rings (SSSR count). The Morgan fingerprint density at radius 3 is 1.05 bits per heavy atom. The summed E-state index contributed by atoms with van der Waals surface area (Å²) < 4.78 is 16.6. The molecule has 0 heterocycles. The van der Waals surface area contributed by atoms with Gasteiger partial charge >= 0.3 is 17.9 Å². The molecule has 348 valence electrons. The molecule has 1 atom stereocenters. The molecule has 61 heavy (non-hydrogen) atoms. The lowest BCUT2D eigenvalue weighted by Gasteiger charge is -2.18. The van der Waals surface area contributed by atoms with Crippen molar-refractivity contribution in [3.8, 4) is 0 Å². The van der Waals surface area contributed by atoms with Crippen LogP contribution in [0.25, 0.3) is 0 Å². The van der Waals surface area contributed by atoms with E-state index in [0.717, 1.165) is 122 Å². The van der Waals surface area contributed by atoms with Gasteiger partial charge in [-0.15, -0.1) is 0 Å². The maximum absolute atomic E-state index is 12.7. The Balaban J connectivity index is 4.21. The van der Waals surface area contributed by atoms with E-state index in [1.54, 1.807) is 0 Å². The van der Waals surface area contributed by atoms with Crippen molar-refractivity contribution in [2.75, 3.05) is 13.2 Å². The number of ether oxygens (including phenoxy) is 3. The van der Waals surface area contributed by atoms with Crippen molar-refractivity contribution >= 4 is 17.9 Å². The molecule has 0 aromatic rings. The monoisotopic (exact) mass is 849 g/mol. The van der Waals surface area contributed by atoms with E-state index < -0.39 is 6.10 Å². The molecule has 1 unspecified atom stereocenters. The Labute approximate surface area is 375 Å². The summed E-state index contributed by atoms with van der Waals surface area (Å²) >= 11 is 0. The van der Waals surface area contributed by atoms with Gasteiger partial charge in [0.05, 0.1) is 0 Å². The summed E-state index contributed by atoms with van der Waals surface area (Å²) in [6.45, 7) is 6.40. The summed E-state index contributed by atoms with van der Waals surface area (Å²) in [5, 5.41) is 0. The third kappa shape index (κ3) is 47.5. The Morgan fingerprint density at radius 2 is 0.639 bits per heavy atom. The number of allylic oxidation sites excluding steroid dienone is 14. The molecular weight excluding hydrogens is 757 g/mol. The van der Waals surface area contributed by atoms with E-state index in [-0.39, 0.29) is 31.1 Å². The highest BCUT2D eigenvalue weighted by atomic mass is 16.6. The minimum Gasteiger partial charge on any atom is -0.462 e. The number of rotatable bonds is 44. The Morgan fingerprint density at radius 1 is 0.344 bits per heavy atom. The van der Waals surface area contributed by atoms with Crippen molar-refractivity contribution in [2.24, 2.45) is 0 Å². The quantitative estimate of drug-likeness (QED) is 0.0263. The zero-order valence-corrected chi connectivity index (χ0v) is 39.7. The SMILES string of the molecule is CC/C=C\C/C=C\C/C=C\C/C=C\C/C=C\C/C=C\CCCCCCCCC(=O)OCC(COC(=O)CCCCCCCC)OC(=O)CCCCCCC/C=C\CCCCC. The second-order valence-electron chi connectivity index (χ2n) is 16.3. The first kappa shape index (κ1) is 57.6. The van der Waals surface area contributed by atoms with Crippen molar-refractivity contribution in [1.29, 1.82) is 0 Å². The maximum atomic E-state index is 12.7. The van der Waals surface area contributed by atoms with E-state index in [1.807, 2.05) is 0 Å². The predicted molar refractivity (Wildman–Crippen MR) is 261 cm³/mol. The fourth-order valence-corrected chi connectivity index (χ4v) is 6.61. The second kappa shape index (κ2) is 49.2. The summed E-state index contributed by atoms with van der Waals surface area (Å²) in [6, 6.07) is 0. The van der Waals surface area contributed by atoms with Gasteiger partial charge in [0, 0.05) is 19.3 Å². The lowest BCUT2D eigenvalue weighted by atomic mass is 10.1. The zero-order chi connectivity index (χ0) is 44.4. The highest BCUT2D eigenvalue weighted by molar-refractivity contribution is 5.71. The fourth-order valence-electron chi connectivity index (χ4n) is 6.61. The van der Waals surface area contributed by atoms with Crippen LogP contribution in [0.1, 0.15) is 226 Å². The van der Waals surface area contributed by atoms with E-state index >= 15 is 0 Å². The first-order valence-corrected chi connectivity index (χ1v) is 25.1. The number of unbranched alkanes of at least 4 members (excludes halogenated alkanes) is 19. The van der Waals surface area contributed by atoms with Gasteiger partial charge in [0.2, 0.25) is 0 Å². The van der Waals surface area contributed by atoms with E-state index in [2.05, 4.69) is 106 Å². The van der Waals surface area contributed by atoms with E-state index in [4.69, 9.17) is 14.2 Å². The van der Waals surface area contributed by atoms with Gasteiger partial charge in [0.1, 0.15) is 13.2 Å². The van der Waals surface area contributed by atoms with Crippen LogP contribution in [0.3, 0.4) is 0 Å². The standard InChI is InChI=1S/C55H92O6/c1-4-7-10-13-16-18-20-22-23-24-25-26-27-28-29-30-31-32-33-34-36-37-39-42-45-48-54(57)60-51-52(50-59-53(56)47-44-41-15-12-9-6-3)61-55(58)49-46-43-40-38-35-21-19-17-14-11-8-5-2/h7,10,16-19,22-23,25-26,28-29,31-32,52H,4-6,8-9,11-15,20-21,24,27,30,33-51H2,1-3H3/b10-7-,18-16-,19-17-,23-22-,26-25-,29-28-,32-31-. The highest BCUT2D eigenvalue weighted by Gasteiger charge is 2.19. The molecule has 0 saturated carbocycles. The zero-order valence-electron chi connectivity index (χ0n) is 39.7. The van der Waals surface area contributed by atoms with E-state index in [0.29, 0.717) is 19.3 Å². The summed E-state index contributed by atoms with van der Waals surface area (Å²) in [4.78, 5) is 37.6. The maximum Gasteiger partial charge on any atom is 0.306 e. The number of esters is 3. The van der Waals surface area contributed by atoms with Crippen LogP contribution >= 0.6 is 0 Å². The van der Waals surface area contributed by atoms with Gasteiger partial charge in [-0.25, -0.2) is 0 Å². The Hall–Kier alpha value is -3.41.